The number of nitrogens with one attached hydrogen (secondary N) is 1. The van der Waals surface area contributed by atoms with E-state index in [1.807, 2.05) is 6.92 Å². The number of benzene rings is 1. The number of ether oxygens (including phenoxy) is 1. The third-order valence-electron chi connectivity index (χ3n) is 5.12. The summed E-state index contributed by atoms with van der Waals surface area (Å²) < 4.78 is 54.4. The van der Waals surface area contributed by atoms with Gasteiger partial charge >= 0.3 is 0 Å². The number of hydrogen-bond acceptors (Lipinski definition) is 5. The fourth-order valence-corrected chi connectivity index (χ4v) is 3.25. The molecule has 0 bridgehead atoms. The summed E-state index contributed by atoms with van der Waals surface area (Å²) in [7, 11) is 1.35. The molecule has 0 unspecified atom stereocenters. The maximum atomic E-state index is 15.5. The molecule has 0 aliphatic carbocycles. The largest absolute Gasteiger partial charge is 0.495 e. The van der Waals surface area contributed by atoms with Crippen LogP contribution in [0.4, 0.5) is 18.9 Å². The summed E-state index contributed by atoms with van der Waals surface area (Å²) in [4.78, 5) is 1.63. The van der Waals surface area contributed by atoms with Gasteiger partial charge in [-0.25, -0.2) is 13.2 Å². The lowest BCUT2D eigenvalue weighted by Crippen LogP contribution is -2.14. The van der Waals surface area contributed by atoms with E-state index in [-0.39, 0.29) is 28.3 Å². The number of aromatic nitrogens is 1. The third-order valence-corrected chi connectivity index (χ3v) is 5.12. The molecular weight excluding hydrogens is 443 g/mol. The SMILES string of the molecule is C=CN1C=C(c2c(F)ccc(N/C(=C/C(F)=C\C)C(=C)OC)c2F)C=C/C1=C(/C)c1ccno1. The molecular formula is C26H24F3N3O2. The summed E-state index contributed by atoms with van der Waals surface area (Å²) in [6, 6.07) is 4.05. The number of nitrogens with zero attached hydrogens (tertiary/aromatic N) is 2. The van der Waals surface area contributed by atoms with Crippen molar-refractivity contribution in [2.75, 3.05) is 12.4 Å². The van der Waals surface area contributed by atoms with Gasteiger partial charge in [0.1, 0.15) is 17.4 Å². The molecule has 34 heavy (non-hydrogen) atoms. The molecule has 1 aliphatic rings. The lowest BCUT2D eigenvalue weighted by Gasteiger charge is -2.24. The Morgan fingerprint density at radius 1 is 1.24 bits per heavy atom. The predicted molar refractivity (Wildman–Crippen MR) is 127 cm³/mol. The zero-order valence-electron chi connectivity index (χ0n) is 19.0. The number of anilines is 1. The van der Waals surface area contributed by atoms with E-state index in [1.54, 1.807) is 29.3 Å². The molecule has 5 nitrogen and oxygen atoms in total. The van der Waals surface area contributed by atoms with Crippen LogP contribution in [-0.2, 0) is 4.74 Å². The Hall–Kier alpha value is -4.20. The van der Waals surface area contributed by atoms with Gasteiger partial charge in [0.05, 0.1) is 36.0 Å². The van der Waals surface area contributed by atoms with Crippen LogP contribution in [0.25, 0.3) is 11.1 Å². The van der Waals surface area contributed by atoms with E-state index in [0.717, 1.165) is 17.7 Å². The minimum atomic E-state index is -0.866. The lowest BCUT2D eigenvalue weighted by molar-refractivity contribution is 0.303. The number of rotatable bonds is 8. The Bertz CT molecular complexity index is 1250. The van der Waals surface area contributed by atoms with Crippen molar-refractivity contribution in [3.8, 4) is 0 Å². The van der Waals surface area contributed by atoms with Crippen molar-refractivity contribution in [3.05, 3.63) is 120 Å². The molecule has 176 valence electrons. The summed E-state index contributed by atoms with van der Waals surface area (Å²) in [6.45, 7) is 10.8. The Labute approximate surface area is 196 Å². The average Bonchev–Trinajstić information content (AvgIpc) is 3.39. The topological polar surface area (TPSA) is 50.5 Å². The number of allylic oxidation sites excluding steroid dienone is 7. The maximum Gasteiger partial charge on any atom is 0.164 e. The summed E-state index contributed by atoms with van der Waals surface area (Å²) in [6.07, 6.45) is 10.2. The van der Waals surface area contributed by atoms with E-state index in [9.17, 15) is 8.78 Å². The molecule has 0 spiro atoms. The Morgan fingerprint density at radius 3 is 2.62 bits per heavy atom. The van der Waals surface area contributed by atoms with Crippen LogP contribution < -0.4 is 5.32 Å². The first-order chi connectivity index (χ1) is 16.3. The van der Waals surface area contributed by atoms with Crippen molar-refractivity contribution < 1.29 is 22.4 Å². The normalized spacial score (nSPS) is 15.7. The van der Waals surface area contributed by atoms with Crippen molar-refractivity contribution in [2.45, 2.75) is 13.8 Å². The molecule has 0 saturated carbocycles. The first kappa shape index (κ1) is 24.4. The molecule has 1 aliphatic heterocycles. The molecule has 2 aromatic rings. The van der Waals surface area contributed by atoms with Crippen LogP contribution >= 0.6 is 0 Å². The van der Waals surface area contributed by atoms with Crippen LogP contribution in [0.15, 0.2) is 102 Å². The van der Waals surface area contributed by atoms with Gasteiger partial charge in [0.2, 0.25) is 0 Å². The second-order valence-electron chi connectivity index (χ2n) is 7.16. The van der Waals surface area contributed by atoms with Crippen LogP contribution in [0.5, 0.6) is 0 Å². The molecule has 0 saturated heterocycles. The van der Waals surface area contributed by atoms with E-state index in [0.29, 0.717) is 11.5 Å². The van der Waals surface area contributed by atoms with Crippen molar-refractivity contribution in [3.63, 3.8) is 0 Å². The molecule has 0 fully saturated rings. The van der Waals surface area contributed by atoms with Crippen LogP contribution in [0.3, 0.4) is 0 Å². The standard InChI is InChI=1S/C26H24F3N3O2/c1-6-19(27)14-22(17(4)33-5)31-21-10-9-20(28)25(26(21)29)18-8-11-23(32(7-2)15-18)16(3)24-12-13-30-34-24/h6-15,31H,2,4H2,1,3,5H3/b19-6+,22-14+,23-16+. The smallest absolute Gasteiger partial charge is 0.164 e. The summed E-state index contributed by atoms with van der Waals surface area (Å²) >= 11 is 0. The van der Waals surface area contributed by atoms with Gasteiger partial charge < -0.3 is 19.5 Å². The van der Waals surface area contributed by atoms with Gasteiger partial charge in [0, 0.05) is 35.7 Å². The van der Waals surface area contributed by atoms with Gasteiger partial charge in [-0.1, -0.05) is 30.5 Å². The van der Waals surface area contributed by atoms with Crippen LogP contribution in [0.2, 0.25) is 0 Å². The van der Waals surface area contributed by atoms with Gasteiger partial charge in [-0.2, -0.15) is 0 Å². The fourth-order valence-electron chi connectivity index (χ4n) is 3.25. The van der Waals surface area contributed by atoms with Gasteiger partial charge in [-0.05, 0) is 32.1 Å². The first-order valence-electron chi connectivity index (χ1n) is 10.3. The highest BCUT2D eigenvalue weighted by Gasteiger charge is 2.22. The van der Waals surface area contributed by atoms with Crippen molar-refractivity contribution in [1.29, 1.82) is 0 Å². The quantitative estimate of drug-likeness (QED) is 0.332. The number of halogens is 3. The van der Waals surface area contributed by atoms with Gasteiger partial charge in [0.15, 0.2) is 11.6 Å². The number of hydrogen-bond donors (Lipinski definition) is 1. The highest BCUT2D eigenvalue weighted by molar-refractivity contribution is 5.81. The maximum absolute atomic E-state index is 15.5. The highest BCUT2D eigenvalue weighted by atomic mass is 19.1. The third kappa shape index (κ3) is 5.06. The highest BCUT2D eigenvalue weighted by Crippen LogP contribution is 2.34. The second kappa shape index (κ2) is 10.6. The molecule has 1 N–H and O–H groups in total. The van der Waals surface area contributed by atoms with Crippen LogP contribution in [-0.4, -0.2) is 17.2 Å². The van der Waals surface area contributed by atoms with Crippen molar-refractivity contribution >= 4 is 16.8 Å². The van der Waals surface area contributed by atoms with E-state index in [2.05, 4.69) is 23.6 Å². The molecule has 8 heteroatoms. The average molecular weight is 467 g/mol. The zero-order valence-corrected chi connectivity index (χ0v) is 19.0. The van der Waals surface area contributed by atoms with E-state index >= 15 is 4.39 Å². The molecule has 1 aromatic heterocycles. The lowest BCUT2D eigenvalue weighted by atomic mass is 9.99. The van der Waals surface area contributed by atoms with E-state index < -0.39 is 17.5 Å². The van der Waals surface area contributed by atoms with Crippen molar-refractivity contribution in [2.24, 2.45) is 0 Å². The van der Waals surface area contributed by atoms with Crippen molar-refractivity contribution in [1.82, 2.24) is 10.1 Å². The monoisotopic (exact) mass is 467 g/mol. The van der Waals surface area contributed by atoms with Gasteiger partial charge in [-0.3, -0.25) is 0 Å². The van der Waals surface area contributed by atoms with E-state index in [1.165, 1.54) is 38.6 Å². The van der Waals surface area contributed by atoms with Crippen LogP contribution in [0.1, 0.15) is 25.2 Å². The van der Waals surface area contributed by atoms with Gasteiger partial charge in [0.25, 0.3) is 0 Å². The van der Waals surface area contributed by atoms with Gasteiger partial charge in [-0.15, -0.1) is 0 Å². The molecule has 0 amide bonds. The Kier molecular flexibility index (Phi) is 7.63. The number of methoxy groups -OCH3 is 1. The second-order valence-corrected chi connectivity index (χ2v) is 7.16. The van der Waals surface area contributed by atoms with E-state index in [4.69, 9.17) is 9.26 Å². The molecule has 2 heterocycles. The van der Waals surface area contributed by atoms with Crippen LogP contribution in [0, 0.1) is 11.6 Å². The fraction of sp³-hybridized carbons (Fsp3) is 0.115. The Morgan fingerprint density at radius 2 is 2.00 bits per heavy atom. The first-order valence-corrected chi connectivity index (χ1v) is 10.3. The molecule has 0 radical (unpaired) electrons. The summed E-state index contributed by atoms with van der Waals surface area (Å²) in [5.41, 5.74) is 1.47. The summed E-state index contributed by atoms with van der Waals surface area (Å²) in [5, 5.41) is 6.44. The predicted octanol–water partition coefficient (Wildman–Crippen LogP) is 7.07. The molecule has 1 aromatic carbocycles. The minimum absolute atomic E-state index is 0.0783. The summed E-state index contributed by atoms with van der Waals surface area (Å²) in [5.74, 6) is -1.58. The Balaban J connectivity index is 2.03. The minimum Gasteiger partial charge on any atom is -0.495 e. The molecule has 3 rings (SSSR count). The zero-order chi connectivity index (χ0) is 24.8. The molecule has 0 atom stereocenters.